The second-order valence-corrected chi connectivity index (χ2v) is 6.60. The van der Waals surface area contributed by atoms with E-state index in [9.17, 15) is 9.59 Å². The maximum absolute atomic E-state index is 12.0. The van der Waals surface area contributed by atoms with Crippen molar-refractivity contribution in [2.75, 3.05) is 19.0 Å². The predicted octanol–water partition coefficient (Wildman–Crippen LogP) is 2.78. The molecule has 0 bridgehead atoms. The molecular formula is C19H16ClN5O3. The largest absolute Gasteiger partial charge is 0.465 e. The van der Waals surface area contributed by atoms with Crippen LogP contribution in [0.25, 0.3) is 22.2 Å². The van der Waals surface area contributed by atoms with Gasteiger partial charge < -0.3 is 14.6 Å². The number of hydrogen-bond acceptors (Lipinski definition) is 6. The maximum atomic E-state index is 12.0. The number of H-pyrrole nitrogens is 1. The van der Waals surface area contributed by atoms with E-state index in [-0.39, 0.29) is 11.1 Å². The number of carbonyl (C=O) groups excluding carboxylic acids is 1. The topological polar surface area (TPSA) is 102 Å². The highest BCUT2D eigenvalue weighted by atomic mass is 35.5. The first kappa shape index (κ1) is 18.0. The van der Waals surface area contributed by atoms with Crippen molar-refractivity contribution >= 4 is 34.2 Å². The maximum Gasteiger partial charge on any atom is 0.341 e. The highest BCUT2D eigenvalue weighted by Gasteiger charge is 2.21. The molecule has 1 aromatic carbocycles. The summed E-state index contributed by atoms with van der Waals surface area (Å²) in [5.74, 6) is -0.546. The van der Waals surface area contributed by atoms with Gasteiger partial charge in [0.2, 0.25) is 0 Å². The molecule has 9 heteroatoms. The molecule has 28 heavy (non-hydrogen) atoms. The van der Waals surface area contributed by atoms with Gasteiger partial charge in [-0.3, -0.25) is 9.78 Å². The van der Waals surface area contributed by atoms with E-state index < -0.39 is 5.97 Å². The second kappa shape index (κ2) is 7.32. The van der Waals surface area contributed by atoms with Crippen molar-refractivity contribution in [2.24, 2.45) is 0 Å². The molecule has 0 spiro atoms. The number of ether oxygens (including phenoxy) is 1. The smallest absolute Gasteiger partial charge is 0.341 e. The molecule has 2 N–H and O–H groups in total. The number of pyridine rings is 2. The summed E-state index contributed by atoms with van der Waals surface area (Å²) in [6.45, 7) is 1.08. The fourth-order valence-electron chi connectivity index (χ4n) is 3.07. The van der Waals surface area contributed by atoms with Crippen LogP contribution in [0.15, 0.2) is 47.7 Å². The van der Waals surface area contributed by atoms with E-state index >= 15 is 0 Å². The summed E-state index contributed by atoms with van der Waals surface area (Å²) in [6.07, 6.45) is 5.00. The SMILES string of the molecule is COC(=O)c1cn(CCNc2ccnc3cc(Cl)ccc23)cc2c(=O)[nH]nc1-2. The highest BCUT2D eigenvalue weighted by molar-refractivity contribution is 6.31. The quantitative estimate of drug-likeness (QED) is 0.502. The fourth-order valence-corrected chi connectivity index (χ4v) is 3.24. The number of anilines is 1. The van der Waals surface area contributed by atoms with Gasteiger partial charge in [-0.15, -0.1) is 0 Å². The lowest BCUT2D eigenvalue weighted by Gasteiger charge is -2.13. The van der Waals surface area contributed by atoms with Crippen LogP contribution in [0.2, 0.25) is 5.02 Å². The molecule has 2 aliphatic heterocycles. The van der Waals surface area contributed by atoms with E-state index in [2.05, 4.69) is 20.5 Å². The molecule has 0 saturated carbocycles. The molecule has 2 aliphatic rings. The monoisotopic (exact) mass is 397 g/mol. The summed E-state index contributed by atoms with van der Waals surface area (Å²) in [6, 6.07) is 7.42. The number of fused-ring (bicyclic) bond motifs is 2. The van der Waals surface area contributed by atoms with Crippen molar-refractivity contribution in [3.63, 3.8) is 0 Å². The predicted molar refractivity (Wildman–Crippen MR) is 106 cm³/mol. The summed E-state index contributed by atoms with van der Waals surface area (Å²) in [4.78, 5) is 28.3. The zero-order valence-corrected chi connectivity index (χ0v) is 15.7. The van der Waals surface area contributed by atoms with Crippen molar-refractivity contribution in [2.45, 2.75) is 6.54 Å². The third-order valence-electron chi connectivity index (χ3n) is 4.41. The second-order valence-electron chi connectivity index (χ2n) is 6.16. The molecule has 0 fully saturated rings. The number of rotatable bonds is 5. The molecular weight excluding hydrogens is 382 g/mol. The molecule has 2 aromatic rings. The third-order valence-corrected chi connectivity index (χ3v) is 4.64. The zero-order chi connectivity index (χ0) is 19.7. The first-order valence-electron chi connectivity index (χ1n) is 8.51. The van der Waals surface area contributed by atoms with Crippen LogP contribution in [0.3, 0.4) is 0 Å². The Hall–Kier alpha value is -3.39. The average molecular weight is 398 g/mol. The van der Waals surface area contributed by atoms with Crippen molar-refractivity contribution < 1.29 is 9.53 Å². The lowest BCUT2D eigenvalue weighted by molar-refractivity contribution is 0.0600. The minimum atomic E-state index is -0.546. The molecule has 0 saturated heterocycles. The minimum absolute atomic E-state index is 0.238. The molecule has 3 heterocycles. The van der Waals surface area contributed by atoms with Crippen LogP contribution in [0.1, 0.15) is 10.4 Å². The Kier molecular flexibility index (Phi) is 4.70. The van der Waals surface area contributed by atoms with Crippen LogP contribution in [0.4, 0.5) is 5.69 Å². The molecule has 0 radical (unpaired) electrons. The van der Waals surface area contributed by atoms with Crippen LogP contribution < -0.4 is 10.9 Å². The van der Waals surface area contributed by atoms with Gasteiger partial charge in [0.15, 0.2) is 0 Å². The Bertz CT molecular complexity index is 1200. The van der Waals surface area contributed by atoms with Crippen LogP contribution in [-0.2, 0) is 11.3 Å². The van der Waals surface area contributed by atoms with Gasteiger partial charge in [-0.25, -0.2) is 9.89 Å². The van der Waals surface area contributed by atoms with E-state index in [1.807, 2.05) is 24.3 Å². The molecule has 8 nitrogen and oxygen atoms in total. The summed E-state index contributed by atoms with van der Waals surface area (Å²) >= 11 is 6.02. The first-order valence-corrected chi connectivity index (χ1v) is 8.89. The van der Waals surface area contributed by atoms with E-state index in [1.165, 1.54) is 7.11 Å². The van der Waals surface area contributed by atoms with E-state index in [1.54, 1.807) is 23.2 Å². The normalized spacial score (nSPS) is 11.1. The van der Waals surface area contributed by atoms with Crippen molar-refractivity contribution in [1.29, 1.82) is 0 Å². The highest BCUT2D eigenvalue weighted by Crippen LogP contribution is 2.24. The number of methoxy groups -OCH3 is 1. The molecule has 4 rings (SSSR count). The van der Waals surface area contributed by atoms with Crippen molar-refractivity contribution in [3.8, 4) is 11.3 Å². The first-order chi connectivity index (χ1) is 13.6. The van der Waals surface area contributed by atoms with Gasteiger partial charge in [-0.05, 0) is 24.3 Å². The van der Waals surface area contributed by atoms with Gasteiger partial charge >= 0.3 is 5.97 Å². The Morgan fingerprint density at radius 3 is 3.00 bits per heavy atom. The van der Waals surface area contributed by atoms with Crippen LogP contribution >= 0.6 is 11.6 Å². The number of aromatic amines is 1. The Morgan fingerprint density at radius 1 is 1.32 bits per heavy atom. The van der Waals surface area contributed by atoms with E-state index in [0.29, 0.717) is 29.4 Å². The number of nitrogens with one attached hydrogen (secondary N) is 2. The molecule has 0 atom stereocenters. The number of esters is 1. The van der Waals surface area contributed by atoms with Gasteiger partial charge in [0.25, 0.3) is 5.56 Å². The summed E-state index contributed by atoms with van der Waals surface area (Å²) < 4.78 is 6.56. The van der Waals surface area contributed by atoms with Gasteiger partial charge in [0.1, 0.15) is 11.3 Å². The molecule has 1 aromatic heterocycles. The number of aromatic nitrogens is 4. The molecule has 0 amide bonds. The Labute approximate surface area is 164 Å². The van der Waals surface area contributed by atoms with Gasteiger partial charge in [-0.2, -0.15) is 5.10 Å². The number of hydrogen-bond donors (Lipinski definition) is 2. The standard InChI is InChI=1S/C19H16ClN5O3/c1-28-19(27)14-10-25(9-13-17(14)23-24-18(13)26)7-6-22-15-4-5-21-16-8-11(20)2-3-12(15)16/h2-5,8-10H,6-7H2,1H3,(H,21,22)(H,24,26). The lowest BCUT2D eigenvalue weighted by atomic mass is 10.1. The Morgan fingerprint density at radius 2 is 2.18 bits per heavy atom. The van der Waals surface area contributed by atoms with Crippen molar-refractivity contribution in [1.82, 2.24) is 19.7 Å². The minimum Gasteiger partial charge on any atom is -0.465 e. The third kappa shape index (κ3) is 3.29. The van der Waals surface area contributed by atoms with Gasteiger partial charge in [0.05, 0.1) is 18.2 Å². The van der Waals surface area contributed by atoms with Crippen molar-refractivity contribution in [3.05, 3.63) is 63.8 Å². The average Bonchev–Trinajstić information content (AvgIpc) is 3.07. The van der Waals surface area contributed by atoms with E-state index in [0.717, 1.165) is 16.6 Å². The Balaban J connectivity index is 1.58. The van der Waals surface area contributed by atoms with Crippen LogP contribution in [0, 0.1) is 0 Å². The van der Waals surface area contributed by atoms with E-state index in [4.69, 9.17) is 16.3 Å². The van der Waals surface area contributed by atoms with Crippen LogP contribution in [-0.4, -0.2) is 39.4 Å². The number of halogens is 1. The summed E-state index contributed by atoms with van der Waals surface area (Å²) in [7, 11) is 1.29. The summed E-state index contributed by atoms with van der Waals surface area (Å²) in [5, 5.41) is 11.2. The van der Waals surface area contributed by atoms with Gasteiger partial charge in [-0.1, -0.05) is 11.6 Å². The zero-order valence-electron chi connectivity index (χ0n) is 14.9. The number of nitrogens with zero attached hydrogens (tertiary/aromatic N) is 3. The molecule has 0 aliphatic carbocycles. The number of benzene rings is 1. The summed E-state index contributed by atoms with van der Waals surface area (Å²) in [5.41, 5.74) is 2.25. The molecule has 142 valence electrons. The number of carbonyl (C=O) groups is 1. The fraction of sp³-hybridized carbons (Fsp3) is 0.158. The van der Waals surface area contributed by atoms with Crippen LogP contribution in [0.5, 0.6) is 0 Å². The molecule has 0 unspecified atom stereocenters. The lowest BCUT2D eigenvalue weighted by Crippen LogP contribution is -2.15. The van der Waals surface area contributed by atoms with Gasteiger partial charge in [0, 0.05) is 47.8 Å².